The van der Waals surface area contributed by atoms with Crippen molar-refractivity contribution >= 4 is 17.6 Å². The van der Waals surface area contributed by atoms with E-state index in [1.807, 2.05) is 31.3 Å². The van der Waals surface area contributed by atoms with Gasteiger partial charge in [0.15, 0.2) is 5.96 Å². The molecule has 1 aliphatic heterocycles. The lowest BCUT2D eigenvalue weighted by molar-refractivity contribution is 0.119. The summed E-state index contributed by atoms with van der Waals surface area (Å²) in [5.41, 5.74) is 0.893. The van der Waals surface area contributed by atoms with E-state index >= 15 is 0 Å². The molecule has 1 saturated heterocycles. The number of hydrogen-bond acceptors (Lipinski definition) is 5. The van der Waals surface area contributed by atoms with Crippen LogP contribution in [0.5, 0.6) is 0 Å². The van der Waals surface area contributed by atoms with Crippen molar-refractivity contribution in [3.63, 3.8) is 0 Å². The van der Waals surface area contributed by atoms with Gasteiger partial charge in [-0.25, -0.2) is 0 Å². The molecule has 0 unspecified atom stereocenters. The molecule has 2 aliphatic rings. The SMILES string of the molecule is CN=C(NCCc1nc(-c2ccc(Cl)cc2)no1)NC1CCN(C2CCCCC2)CC1. The average Bonchev–Trinajstić information content (AvgIpc) is 3.29. The monoisotopic (exact) mass is 444 g/mol. The van der Waals surface area contributed by atoms with Gasteiger partial charge in [0.05, 0.1) is 0 Å². The summed E-state index contributed by atoms with van der Waals surface area (Å²) in [4.78, 5) is 11.6. The minimum Gasteiger partial charge on any atom is -0.356 e. The van der Waals surface area contributed by atoms with Crippen LogP contribution in [-0.2, 0) is 6.42 Å². The zero-order chi connectivity index (χ0) is 21.5. The molecule has 4 rings (SSSR count). The highest BCUT2D eigenvalue weighted by atomic mass is 35.5. The number of nitrogens with one attached hydrogen (secondary N) is 2. The molecule has 168 valence electrons. The normalized spacial score (nSPS) is 19.5. The number of aliphatic imine (C=N–C) groups is 1. The van der Waals surface area contributed by atoms with E-state index in [0.717, 1.165) is 17.6 Å². The lowest BCUT2D eigenvalue weighted by Gasteiger charge is -2.39. The predicted molar refractivity (Wildman–Crippen MR) is 124 cm³/mol. The molecule has 0 radical (unpaired) electrons. The Bertz CT molecular complexity index is 838. The highest BCUT2D eigenvalue weighted by molar-refractivity contribution is 6.30. The van der Waals surface area contributed by atoms with E-state index < -0.39 is 0 Å². The summed E-state index contributed by atoms with van der Waals surface area (Å²) in [5, 5.41) is 11.7. The van der Waals surface area contributed by atoms with Crippen molar-refractivity contribution in [2.45, 2.75) is 63.5 Å². The van der Waals surface area contributed by atoms with Gasteiger partial charge in [0, 0.05) is 55.8 Å². The van der Waals surface area contributed by atoms with E-state index in [1.165, 1.54) is 58.0 Å². The summed E-state index contributed by atoms with van der Waals surface area (Å²) in [6, 6.07) is 8.72. The molecule has 1 saturated carbocycles. The van der Waals surface area contributed by atoms with Gasteiger partial charge in [0.1, 0.15) is 0 Å². The third-order valence-corrected chi connectivity index (χ3v) is 6.64. The van der Waals surface area contributed by atoms with Crippen LogP contribution in [0.2, 0.25) is 5.02 Å². The summed E-state index contributed by atoms with van der Waals surface area (Å²) in [6.07, 6.45) is 9.98. The molecule has 8 heteroatoms. The van der Waals surface area contributed by atoms with Crippen LogP contribution in [0.15, 0.2) is 33.8 Å². The van der Waals surface area contributed by atoms with Gasteiger partial charge >= 0.3 is 0 Å². The number of hydrogen-bond donors (Lipinski definition) is 2. The molecule has 2 heterocycles. The number of likely N-dealkylation sites (tertiary alicyclic amines) is 1. The maximum atomic E-state index is 5.94. The van der Waals surface area contributed by atoms with Gasteiger partial charge in [-0.2, -0.15) is 4.98 Å². The molecule has 0 atom stereocenters. The molecule has 2 aromatic rings. The summed E-state index contributed by atoms with van der Waals surface area (Å²) < 4.78 is 5.38. The van der Waals surface area contributed by atoms with Crippen LogP contribution in [0.3, 0.4) is 0 Å². The molecule has 0 bridgehead atoms. The van der Waals surface area contributed by atoms with Crippen molar-refractivity contribution in [2.24, 2.45) is 4.99 Å². The molecular weight excluding hydrogens is 412 g/mol. The second-order valence-electron chi connectivity index (χ2n) is 8.51. The van der Waals surface area contributed by atoms with E-state index in [1.54, 1.807) is 0 Å². The number of piperidine rings is 1. The fourth-order valence-corrected chi connectivity index (χ4v) is 4.73. The first-order chi connectivity index (χ1) is 15.2. The van der Waals surface area contributed by atoms with E-state index in [9.17, 15) is 0 Å². The van der Waals surface area contributed by atoms with Crippen LogP contribution in [0.4, 0.5) is 0 Å². The first kappa shape index (κ1) is 22.1. The van der Waals surface area contributed by atoms with Crippen LogP contribution in [0, 0.1) is 0 Å². The standard InChI is InChI=1S/C23H33ClN6O/c1-25-23(27-19-12-15-30(16-13-19)20-5-3-2-4-6-20)26-14-11-21-28-22(29-31-21)17-7-9-18(24)10-8-17/h7-10,19-20H,2-6,11-16H2,1H3,(H2,25,26,27). The van der Waals surface area contributed by atoms with Crippen LogP contribution >= 0.6 is 11.6 Å². The molecule has 2 fully saturated rings. The predicted octanol–water partition coefficient (Wildman–Crippen LogP) is 3.89. The highest BCUT2D eigenvalue weighted by Crippen LogP contribution is 2.25. The summed E-state index contributed by atoms with van der Waals surface area (Å²) in [5.74, 6) is 2.03. The molecule has 0 amide bonds. The van der Waals surface area contributed by atoms with E-state index in [0.29, 0.717) is 35.7 Å². The summed E-state index contributed by atoms with van der Waals surface area (Å²) in [7, 11) is 1.82. The fraction of sp³-hybridized carbons (Fsp3) is 0.609. The second-order valence-corrected chi connectivity index (χ2v) is 8.95. The van der Waals surface area contributed by atoms with Gasteiger partial charge in [-0.05, 0) is 49.9 Å². The number of benzene rings is 1. The van der Waals surface area contributed by atoms with E-state index in [2.05, 4.69) is 30.7 Å². The maximum Gasteiger partial charge on any atom is 0.228 e. The lowest BCUT2D eigenvalue weighted by Crippen LogP contribution is -2.51. The molecule has 1 aliphatic carbocycles. The van der Waals surface area contributed by atoms with Gasteiger partial charge in [0.25, 0.3) is 0 Å². The topological polar surface area (TPSA) is 78.6 Å². The first-order valence-corrected chi connectivity index (χ1v) is 11.9. The van der Waals surface area contributed by atoms with Crippen molar-refractivity contribution < 1.29 is 4.52 Å². The molecular formula is C23H33ClN6O. The summed E-state index contributed by atoms with van der Waals surface area (Å²) >= 11 is 5.94. The number of aromatic nitrogens is 2. The third-order valence-electron chi connectivity index (χ3n) is 6.39. The maximum absolute atomic E-state index is 5.94. The van der Waals surface area contributed by atoms with Gasteiger partial charge in [0.2, 0.25) is 11.7 Å². The van der Waals surface area contributed by atoms with Crippen LogP contribution in [-0.4, -0.2) is 59.8 Å². The first-order valence-electron chi connectivity index (χ1n) is 11.5. The van der Waals surface area contributed by atoms with E-state index in [-0.39, 0.29) is 0 Å². The quantitative estimate of drug-likeness (QED) is 0.519. The Morgan fingerprint density at radius 2 is 1.87 bits per heavy atom. The molecule has 1 aromatic carbocycles. The zero-order valence-electron chi connectivity index (χ0n) is 18.3. The molecule has 1 aromatic heterocycles. The molecule has 31 heavy (non-hydrogen) atoms. The molecule has 0 spiro atoms. The number of rotatable bonds is 6. The van der Waals surface area contributed by atoms with Crippen molar-refractivity contribution in [3.05, 3.63) is 35.2 Å². The van der Waals surface area contributed by atoms with Crippen LogP contribution < -0.4 is 10.6 Å². The average molecular weight is 445 g/mol. The molecule has 7 nitrogen and oxygen atoms in total. The van der Waals surface area contributed by atoms with Gasteiger partial charge < -0.3 is 20.1 Å². The Kier molecular flexibility index (Phi) is 7.81. The Labute approximate surface area is 189 Å². The minimum atomic E-state index is 0.478. The Hall–Kier alpha value is -2.12. The van der Waals surface area contributed by atoms with Crippen molar-refractivity contribution in [1.82, 2.24) is 25.7 Å². The minimum absolute atomic E-state index is 0.478. The Morgan fingerprint density at radius 1 is 1.13 bits per heavy atom. The van der Waals surface area contributed by atoms with Crippen LogP contribution in [0.1, 0.15) is 50.8 Å². The van der Waals surface area contributed by atoms with Gasteiger partial charge in [-0.3, -0.25) is 4.99 Å². The Morgan fingerprint density at radius 3 is 2.58 bits per heavy atom. The number of halogens is 1. The third kappa shape index (κ3) is 6.20. The largest absolute Gasteiger partial charge is 0.356 e. The van der Waals surface area contributed by atoms with Crippen LogP contribution in [0.25, 0.3) is 11.4 Å². The smallest absolute Gasteiger partial charge is 0.228 e. The second kappa shape index (κ2) is 11.0. The van der Waals surface area contributed by atoms with E-state index in [4.69, 9.17) is 16.1 Å². The van der Waals surface area contributed by atoms with Crippen molar-refractivity contribution in [3.8, 4) is 11.4 Å². The fourth-order valence-electron chi connectivity index (χ4n) is 4.60. The van der Waals surface area contributed by atoms with Crippen molar-refractivity contribution in [2.75, 3.05) is 26.7 Å². The lowest BCUT2D eigenvalue weighted by atomic mass is 9.92. The number of guanidine groups is 1. The van der Waals surface area contributed by atoms with Crippen molar-refractivity contribution in [1.29, 1.82) is 0 Å². The highest BCUT2D eigenvalue weighted by Gasteiger charge is 2.26. The summed E-state index contributed by atoms with van der Waals surface area (Å²) in [6.45, 7) is 3.06. The Balaban J connectivity index is 1.19. The zero-order valence-corrected chi connectivity index (χ0v) is 19.1. The molecule has 2 N–H and O–H groups in total. The van der Waals surface area contributed by atoms with Gasteiger partial charge in [-0.1, -0.05) is 36.0 Å². The number of nitrogens with zero attached hydrogens (tertiary/aromatic N) is 4. The van der Waals surface area contributed by atoms with Gasteiger partial charge in [-0.15, -0.1) is 0 Å².